The van der Waals surface area contributed by atoms with E-state index in [1.165, 1.54) is 6.20 Å². The minimum Gasteiger partial charge on any atom is -0.381 e. The molecule has 1 N–H and O–H groups in total. The maximum atomic E-state index is 12.9. The van der Waals surface area contributed by atoms with Crippen molar-refractivity contribution in [1.29, 1.82) is 0 Å². The third-order valence-electron chi connectivity index (χ3n) is 4.93. The number of fused-ring (bicyclic) bond motifs is 1. The molecule has 8 heteroatoms. The molecule has 1 atom stereocenters. The second-order valence-electron chi connectivity index (χ2n) is 6.64. The van der Waals surface area contributed by atoms with Crippen molar-refractivity contribution in [3.63, 3.8) is 0 Å². The van der Waals surface area contributed by atoms with E-state index >= 15 is 0 Å². The summed E-state index contributed by atoms with van der Waals surface area (Å²) in [5.74, 6) is 0.947. The van der Waals surface area contributed by atoms with E-state index in [0.29, 0.717) is 30.2 Å². The van der Waals surface area contributed by atoms with E-state index in [2.05, 4.69) is 20.4 Å². The summed E-state index contributed by atoms with van der Waals surface area (Å²) in [6.45, 7) is 3.23. The first-order valence-electron chi connectivity index (χ1n) is 8.71. The van der Waals surface area contributed by atoms with E-state index in [1.807, 2.05) is 24.7 Å². The molecule has 0 unspecified atom stereocenters. The number of rotatable bonds is 4. The summed E-state index contributed by atoms with van der Waals surface area (Å²) in [6, 6.07) is 1.59. The summed E-state index contributed by atoms with van der Waals surface area (Å²) in [7, 11) is 1.94. The number of imidazole rings is 1. The van der Waals surface area contributed by atoms with E-state index in [-0.39, 0.29) is 17.9 Å². The van der Waals surface area contributed by atoms with Crippen molar-refractivity contribution in [3.8, 4) is 0 Å². The van der Waals surface area contributed by atoms with Gasteiger partial charge in [0.25, 0.3) is 11.6 Å². The summed E-state index contributed by atoms with van der Waals surface area (Å²) in [5, 5.41) is 7.79. The van der Waals surface area contributed by atoms with Gasteiger partial charge in [-0.05, 0) is 31.7 Å². The summed E-state index contributed by atoms with van der Waals surface area (Å²) >= 11 is 0. The Kier molecular flexibility index (Phi) is 4.42. The zero-order chi connectivity index (χ0) is 18.1. The maximum absolute atomic E-state index is 12.9. The fourth-order valence-corrected chi connectivity index (χ4v) is 3.41. The average molecular weight is 355 g/mol. The number of ether oxygens (including phenoxy) is 1. The van der Waals surface area contributed by atoms with Gasteiger partial charge in [-0.3, -0.25) is 4.79 Å². The van der Waals surface area contributed by atoms with E-state index < -0.39 is 0 Å². The Hall–Kier alpha value is -2.74. The summed E-state index contributed by atoms with van der Waals surface area (Å²) in [4.78, 5) is 21.6. The Morgan fingerprint density at radius 2 is 2.15 bits per heavy atom. The van der Waals surface area contributed by atoms with Crippen molar-refractivity contribution in [2.45, 2.75) is 25.8 Å². The zero-order valence-electron chi connectivity index (χ0n) is 14.8. The first kappa shape index (κ1) is 16.7. The van der Waals surface area contributed by atoms with E-state index in [1.54, 1.807) is 12.3 Å². The number of carbonyl (C=O) groups excluding carboxylic acids is 1. The first-order valence-corrected chi connectivity index (χ1v) is 8.71. The molecule has 1 amide bonds. The van der Waals surface area contributed by atoms with Gasteiger partial charge in [0.2, 0.25) is 0 Å². The number of amides is 1. The standard InChI is InChI=1S/C18H21N5O3/c1-11-14-9-13(10-20-18(14)26-22-11)17(24)21-15(12-3-7-25-8-4-12)16-19-5-6-23(16)2/h5-6,9-10,12,15H,3-4,7-8H2,1-2H3,(H,21,24)/t15-/m1/s1. The molecule has 0 saturated carbocycles. The predicted octanol–water partition coefficient (Wildman–Crippen LogP) is 2.16. The molecule has 0 aliphatic carbocycles. The van der Waals surface area contributed by atoms with Crippen LogP contribution < -0.4 is 5.32 Å². The van der Waals surface area contributed by atoms with Gasteiger partial charge < -0.3 is 19.1 Å². The van der Waals surface area contributed by atoms with Crippen LogP contribution in [0.25, 0.3) is 11.1 Å². The van der Waals surface area contributed by atoms with Gasteiger partial charge in [0.15, 0.2) is 0 Å². The number of carbonyl (C=O) groups is 1. The van der Waals surface area contributed by atoms with Gasteiger partial charge in [-0.1, -0.05) is 5.16 Å². The van der Waals surface area contributed by atoms with Crippen LogP contribution in [0.2, 0.25) is 0 Å². The van der Waals surface area contributed by atoms with Gasteiger partial charge in [-0.2, -0.15) is 0 Å². The molecule has 4 heterocycles. The largest absolute Gasteiger partial charge is 0.381 e. The molecule has 26 heavy (non-hydrogen) atoms. The van der Waals surface area contributed by atoms with E-state index in [9.17, 15) is 4.79 Å². The fourth-order valence-electron chi connectivity index (χ4n) is 3.41. The quantitative estimate of drug-likeness (QED) is 0.771. The third-order valence-corrected chi connectivity index (χ3v) is 4.93. The van der Waals surface area contributed by atoms with Crippen LogP contribution in [0.4, 0.5) is 0 Å². The Balaban J connectivity index is 1.62. The number of hydrogen-bond donors (Lipinski definition) is 1. The molecule has 1 aliphatic rings. The summed E-state index contributed by atoms with van der Waals surface area (Å²) < 4.78 is 12.5. The van der Waals surface area contributed by atoms with Crippen molar-refractivity contribution in [2.75, 3.05) is 13.2 Å². The lowest BCUT2D eigenvalue weighted by Gasteiger charge is -2.30. The van der Waals surface area contributed by atoms with Crippen LogP contribution in [0.15, 0.2) is 29.2 Å². The molecule has 1 fully saturated rings. The first-order chi connectivity index (χ1) is 12.6. The summed E-state index contributed by atoms with van der Waals surface area (Å²) in [5.41, 5.74) is 1.63. The van der Waals surface area contributed by atoms with Gasteiger partial charge in [0, 0.05) is 38.9 Å². The van der Waals surface area contributed by atoms with Crippen LogP contribution in [-0.2, 0) is 11.8 Å². The highest BCUT2D eigenvalue weighted by atomic mass is 16.5. The fraction of sp³-hybridized carbons (Fsp3) is 0.444. The molecular formula is C18H21N5O3. The predicted molar refractivity (Wildman–Crippen MR) is 93.5 cm³/mol. The summed E-state index contributed by atoms with van der Waals surface area (Å²) in [6.07, 6.45) is 6.94. The van der Waals surface area contributed by atoms with Crippen molar-refractivity contribution < 1.29 is 14.1 Å². The topological polar surface area (TPSA) is 95.1 Å². The van der Waals surface area contributed by atoms with Crippen molar-refractivity contribution in [1.82, 2.24) is 25.0 Å². The SMILES string of the molecule is Cc1noc2ncc(C(=O)N[C@@H](c3nccn3C)C3CCOCC3)cc12. The number of pyridine rings is 1. The molecular weight excluding hydrogens is 334 g/mol. The van der Waals surface area contributed by atoms with Crippen LogP contribution in [0.3, 0.4) is 0 Å². The van der Waals surface area contributed by atoms with Gasteiger partial charge >= 0.3 is 0 Å². The molecule has 0 radical (unpaired) electrons. The lowest BCUT2D eigenvalue weighted by Crippen LogP contribution is -2.37. The smallest absolute Gasteiger partial charge is 0.257 e. The van der Waals surface area contributed by atoms with Crippen molar-refractivity contribution >= 4 is 17.0 Å². The highest BCUT2D eigenvalue weighted by Crippen LogP contribution is 2.29. The molecule has 0 aromatic carbocycles. The second kappa shape index (κ2) is 6.87. The number of nitrogens with one attached hydrogen (secondary N) is 1. The van der Waals surface area contributed by atoms with E-state index in [4.69, 9.17) is 9.26 Å². The Labute approximate surface area is 150 Å². The van der Waals surface area contributed by atoms with Crippen LogP contribution >= 0.6 is 0 Å². The molecule has 0 spiro atoms. The molecule has 0 bridgehead atoms. The monoisotopic (exact) mass is 355 g/mol. The van der Waals surface area contributed by atoms with Crippen molar-refractivity contribution in [2.24, 2.45) is 13.0 Å². The Bertz CT molecular complexity index is 926. The molecule has 1 saturated heterocycles. The highest BCUT2D eigenvalue weighted by Gasteiger charge is 2.30. The highest BCUT2D eigenvalue weighted by molar-refractivity contribution is 5.97. The minimum absolute atomic E-state index is 0.175. The number of hydrogen-bond acceptors (Lipinski definition) is 6. The number of nitrogens with zero attached hydrogens (tertiary/aromatic N) is 4. The molecule has 4 rings (SSSR count). The van der Waals surface area contributed by atoms with Gasteiger partial charge in [-0.25, -0.2) is 9.97 Å². The lowest BCUT2D eigenvalue weighted by molar-refractivity contribution is 0.0499. The molecule has 1 aliphatic heterocycles. The Morgan fingerprint density at radius 3 is 2.88 bits per heavy atom. The van der Waals surface area contributed by atoms with Gasteiger partial charge in [-0.15, -0.1) is 0 Å². The van der Waals surface area contributed by atoms with E-state index in [0.717, 1.165) is 24.1 Å². The van der Waals surface area contributed by atoms with Gasteiger partial charge in [0.05, 0.1) is 22.7 Å². The maximum Gasteiger partial charge on any atom is 0.257 e. The lowest BCUT2D eigenvalue weighted by atomic mass is 9.91. The minimum atomic E-state index is -0.181. The van der Waals surface area contributed by atoms with Crippen LogP contribution in [-0.4, -0.2) is 38.8 Å². The number of aromatic nitrogens is 4. The van der Waals surface area contributed by atoms with Crippen LogP contribution in [0.1, 0.15) is 40.8 Å². The normalized spacial score (nSPS) is 16.7. The van der Waals surface area contributed by atoms with Gasteiger partial charge in [0.1, 0.15) is 5.82 Å². The average Bonchev–Trinajstić information content (AvgIpc) is 3.26. The second-order valence-corrected chi connectivity index (χ2v) is 6.64. The Morgan fingerprint density at radius 1 is 1.35 bits per heavy atom. The van der Waals surface area contributed by atoms with Crippen molar-refractivity contribution in [3.05, 3.63) is 41.7 Å². The third kappa shape index (κ3) is 3.08. The molecule has 8 nitrogen and oxygen atoms in total. The molecule has 3 aromatic rings. The molecule has 136 valence electrons. The van der Waals surface area contributed by atoms with Crippen LogP contribution in [0.5, 0.6) is 0 Å². The molecule has 3 aromatic heterocycles. The number of aryl methyl sites for hydroxylation is 2. The van der Waals surface area contributed by atoms with Crippen LogP contribution in [0, 0.1) is 12.8 Å². The zero-order valence-corrected chi connectivity index (χ0v) is 14.8.